The van der Waals surface area contributed by atoms with Crippen LogP contribution in [0, 0.1) is 11.8 Å². The summed E-state index contributed by atoms with van der Waals surface area (Å²) in [5.41, 5.74) is 4.71. The molecule has 1 aliphatic rings. The molecule has 0 radical (unpaired) electrons. The fraction of sp³-hybridized carbons (Fsp3) is 0.300. The highest BCUT2D eigenvalue weighted by Crippen LogP contribution is 2.28. The second kappa shape index (κ2) is 6.61. The summed E-state index contributed by atoms with van der Waals surface area (Å²) in [6, 6.07) is 16.7. The number of ether oxygens (including phenoxy) is 1. The Morgan fingerprint density at radius 2 is 1.71 bits per heavy atom. The highest BCUT2D eigenvalue weighted by Gasteiger charge is 2.18. The molecule has 0 saturated heterocycles. The van der Waals surface area contributed by atoms with E-state index in [1.807, 2.05) is 12.1 Å². The van der Waals surface area contributed by atoms with Crippen LogP contribution in [0.15, 0.2) is 48.5 Å². The van der Waals surface area contributed by atoms with Gasteiger partial charge < -0.3 is 4.74 Å². The summed E-state index contributed by atoms with van der Waals surface area (Å²) in [5, 5.41) is 0. The standard InChI is InChI=1S/C20H20O/c1-2-3-14-21-20-15-18-10-5-4-8-16(18)12-13-17-9-6-7-11-19(17)20/h4-11,20H,2-3,14-15H2,1H3. The Morgan fingerprint density at radius 3 is 2.57 bits per heavy atom. The van der Waals surface area contributed by atoms with Gasteiger partial charge in [0, 0.05) is 24.2 Å². The lowest BCUT2D eigenvalue weighted by Crippen LogP contribution is -2.12. The summed E-state index contributed by atoms with van der Waals surface area (Å²) >= 11 is 0. The summed E-state index contributed by atoms with van der Waals surface area (Å²) in [6.45, 7) is 3.00. The Bertz CT molecular complexity index is 675. The van der Waals surface area contributed by atoms with Crippen molar-refractivity contribution in [2.75, 3.05) is 6.61 Å². The predicted octanol–water partition coefficient (Wildman–Crippen LogP) is 4.50. The molecule has 0 N–H and O–H groups in total. The molecular formula is C20H20O. The molecular weight excluding hydrogens is 256 g/mol. The molecule has 1 heteroatoms. The van der Waals surface area contributed by atoms with Crippen LogP contribution in [0.4, 0.5) is 0 Å². The molecule has 3 rings (SSSR count). The van der Waals surface area contributed by atoms with Gasteiger partial charge in [-0.3, -0.25) is 0 Å². The molecule has 106 valence electrons. The Morgan fingerprint density at radius 1 is 1.00 bits per heavy atom. The molecule has 0 amide bonds. The third kappa shape index (κ3) is 3.17. The number of hydrogen-bond donors (Lipinski definition) is 0. The molecule has 0 spiro atoms. The maximum Gasteiger partial charge on any atom is 0.0877 e. The van der Waals surface area contributed by atoms with E-state index in [4.69, 9.17) is 4.74 Å². The quantitative estimate of drug-likeness (QED) is 0.590. The number of hydrogen-bond acceptors (Lipinski definition) is 1. The van der Waals surface area contributed by atoms with Crippen LogP contribution in [0.2, 0.25) is 0 Å². The fourth-order valence-electron chi connectivity index (χ4n) is 2.67. The molecule has 2 aromatic carbocycles. The molecule has 0 fully saturated rings. The highest BCUT2D eigenvalue weighted by molar-refractivity contribution is 5.52. The van der Waals surface area contributed by atoms with Gasteiger partial charge in [-0.25, -0.2) is 0 Å². The van der Waals surface area contributed by atoms with Crippen molar-refractivity contribution in [3.8, 4) is 11.8 Å². The van der Waals surface area contributed by atoms with E-state index >= 15 is 0 Å². The maximum atomic E-state index is 6.17. The average Bonchev–Trinajstić information content (AvgIpc) is 2.51. The summed E-state index contributed by atoms with van der Waals surface area (Å²) in [4.78, 5) is 0. The lowest BCUT2D eigenvalue weighted by molar-refractivity contribution is 0.0506. The monoisotopic (exact) mass is 276 g/mol. The van der Waals surface area contributed by atoms with E-state index < -0.39 is 0 Å². The van der Waals surface area contributed by atoms with Gasteiger partial charge in [-0.05, 0) is 29.7 Å². The van der Waals surface area contributed by atoms with Crippen molar-refractivity contribution in [2.45, 2.75) is 32.3 Å². The van der Waals surface area contributed by atoms with E-state index in [1.165, 1.54) is 11.1 Å². The Balaban J connectivity index is 1.99. The van der Waals surface area contributed by atoms with Crippen LogP contribution in [0.25, 0.3) is 0 Å². The molecule has 1 atom stereocenters. The van der Waals surface area contributed by atoms with Gasteiger partial charge in [0.15, 0.2) is 0 Å². The van der Waals surface area contributed by atoms with Crippen LogP contribution >= 0.6 is 0 Å². The summed E-state index contributed by atoms with van der Waals surface area (Å²) in [6.07, 6.45) is 3.26. The lowest BCUT2D eigenvalue weighted by atomic mass is 9.92. The van der Waals surface area contributed by atoms with Crippen molar-refractivity contribution in [1.82, 2.24) is 0 Å². The van der Waals surface area contributed by atoms with Gasteiger partial charge in [0.2, 0.25) is 0 Å². The molecule has 1 unspecified atom stereocenters. The smallest absolute Gasteiger partial charge is 0.0877 e. The zero-order valence-corrected chi connectivity index (χ0v) is 12.4. The second-order valence-electron chi connectivity index (χ2n) is 5.41. The zero-order chi connectivity index (χ0) is 14.5. The van der Waals surface area contributed by atoms with E-state index in [2.05, 4.69) is 55.2 Å². The van der Waals surface area contributed by atoms with Crippen molar-refractivity contribution >= 4 is 0 Å². The number of benzene rings is 2. The van der Waals surface area contributed by atoms with E-state index in [0.29, 0.717) is 0 Å². The Hall–Kier alpha value is -2.04. The zero-order valence-electron chi connectivity index (χ0n) is 12.4. The molecule has 1 nitrogen and oxygen atoms in total. The van der Waals surface area contributed by atoms with Crippen LogP contribution in [0.5, 0.6) is 0 Å². The van der Waals surface area contributed by atoms with Gasteiger partial charge in [-0.2, -0.15) is 0 Å². The van der Waals surface area contributed by atoms with Crippen molar-refractivity contribution < 1.29 is 4.74 Å². The minimum absolute atomic E-state index is 0.100. The van der Waals surface area contributed by atoms with Gasteiger partial charge in [-0.1, -0.05) is 61.6 Å². The fourth-order valence-corrected chi connectivity index (χ4v) is 2.67. The largest absolute Gasteiger partial charge is 0.373 e. The SMILES string of the molecule is CCCCOC1Cc2ccccc2C#Cc2ccccc21. The van der Waals surface area contributed by atoms with E-state index in [1.54, 1.807) is 0 Å². The number of rotatable bonds is 4. The van der Waals surface area contributed by atoms with Crippen molar-refractivity contribution in [3.05, 3.63) is 70.8 Å². The second-order valence-corrected chi connectivity index (χ2v) is 5.41. The minimum Gasteiger partial charge on any atom is -0.373 e. The maximum absolute atomic E-state index is 6.17. The number of unbranched alkanes of at least 4 members (excludes halogenated alkanes) is 1. The van der Waals surface area contributed by atoms with E-state index in [9.17, 15) is 0 Å². The summed E-state index contributed by atoms with van der Waals surface area (Å²) in [7, 11) is 0. The number of fused-ring (bicyclic) bond motifs is 2. The van der Waals surface area contributed by atoms with Crippen LogP contribution in [-0.2, 0) is 11.2 Å². The van der Waals surface area contributed by atoms with Crippen LogP contribution in [0.1, 0.15) is 48.1 Å². The molecule has 0 bridgehead atoms. The average molecular weight is 276 g/mol. The third-order valence-corrected chi connectivity index (χ3v) is 3.88. The van der Waals surface area contributed by atoms with Gasteiger partial charge >= 0.3 is 0 Å². The topological polar surface area (TPSA) is 9.23 Å². The van der Waals surface area contributed by atoms with Crippen molar-refractivity contribution in [2.24, 2.45) is 0 Å². The predicted molar refractivity (Wildman–Crippen MR) is 86.2 cm³/mol. The molecule has 0 heterocycles. The first kappa shape index (κ1) is 13.9. The Kier molecular flexibility index (Phi) is 4.38. The first-order valence-corrected chi connectivity index (χ1v) is 7.69. The highest BCUT2D eigenvalue weighted by atomic mass is 16.5. The normalized spacial score (nSPS) is 16.0. The Labute approximate surface area is 127 Å². The third-order valence-electron chi connectivity index (χ3n) is 3.88. The van der Waals surface area contributed by atoms with E-state index in [-0.39, 0.29) is 6.10 Å². The minimum atomic E-state index is 0.100. The molecule has 2 aromatic rings. The summed E-state index contributed by atoms with van der Waals surface area (Å²) < 4.78 is 6.17. The molecule has 0 saturated carbocycles. The van der Waals surface area contributed by atoms with Crippen molar-refractivity contribution in [3.63, 3.8) is 0 Å². The van der Waals surface area contributed by atoms with E-state index in [0.717, 1.165) is 37.0 Å². The van der Waals surface area contributed by atoms with Gasteiger partial charge in [-0.15, -0.1) is 0 Å². The van der Waals surface area contributed by atoms with Gasteiger partial charge in [0.25, 0.3) is 0 Å². The molecule has 21 heavy (non-hydrogen) atoms. The molecule has 1 aliphatic carbocycles. The molecule has 0 aliphatic heterocycles. The molecule has 0 aromatic heterocycles. The van der Waals surface area contributed by atoms with Gasteiger partial charge in [0.05, 0.1) is 6.10 Å². The van der Waals surface area contributed by atoms with Gasteiger partial charge in [0.1, 0.15) is 0 Å². The van der Waals surface area contributed by atoms with Crippen molar-refractivity contribution in [1.29, 1.82) is 0 Å². The van der Waals surface area contributed by atoms with Crippen LogP contribution in [0.3, 0.4) is 0 Å². The van der Waals surface area contributed by atoms with Crippen LogP contribution < -0.4 is 0 Å². The first-order valence-electron chi connectivity index (χ1n) is 7.69. The van der Waals surface area contributed by atoms with Crippen LogP contribution in [-0.4, -0.2) is 6.61 Å². The summed E-state index contributed by atoms with van der Waals surface area (Å²) in [5.74, 6) is 6.62. The first-order chi connectivity index (χ1) is 10.4. The lowest BCUT2D eigenvalue weighted by Gasteiger charge is -2.22.